The SMILES string of the molecule is CC(C)[C@@H](C)/C=C/[C@@H](C)[C@@H]1CC[C@@H]2C3=C[C@H](O)[C@]4(O)C[C@H](O)CC[C@@]4(C)[C@H]3CC[C@@]21C. The van der Waals surface area contributed by atoms with Crippen LogP contribution in [-0.4, -0.2) is 33.1 Å². The van der Waals surface area contributed by atoms with Crippen molar-refractivity contribution < 1.29 is 15.3 Å². The Morgan fingerprint density at radius 2 is 1.65 bits per heavy atom. The van der Waals surface area contributed by atoms with Gasteiger partial charge in [-0.1, -0.05) is 65.3 Å². The third kappa shape index (κ3) is 3.49. The van der Waals surface area contributed by atoms with Crippen molar-refractivity contribution in [2.75, 3.05) is 0 Å². The molecule has 3 nitrogen and oxygen atoms in total. The second-order valence-corrected chi connectivity index (χ2v) is 12.5. The van der Waals surface area contributed by atoms with E-state index in [0.717, 1.165) is 19.3 Å². The molecule has 0 aromatic carbocycles. The maximum atomic E-state index is 11.6. The van der Waals surface area contributed by atoms with Gasteiger partial charge in [-0.25, -0.2) is 0 Å². The molecule has 3 fully saturated rings. The third-order valence-corrected chi connectivity index (χ3v) is 10.7. The zero-order chi connectivity index (χ0) is 22.8. The van der Waals surface area contributed by atoms with Gasteiger partial charge >= 0.3 is 0 Å². The molecule has 3 saturated carbocycles. The Kier molecular flexibility index (Phi) is 6.06. The topological polar surface area (TPSA) is 60.7 Å². The number of hydrogen-bond acceptors (Lipinski definition) is 3. The molecule has 0 radical (unpaired) electrons. The summed E-state index contributed by atoms with van der Waals surface area (Å²) < 4.78 is 0. The fourth-order valence-electron chi connectivity index (χ4n) is 8.16. The molecule has 0 aliphatic heterocycles. The summed E-state index contributed by atoms with van der Waals surface area (Å²) in [5, 5.41) is 32.9. The first-order chi connectivity index (χ1) is 14.4. The van der Waals surface area contributed by atoms with E-state index in [1.54, 1.807) is 0 Å². The average molecular weight is 431 g/mol. The van der Waals surface area contributed by atoms with E-state index in [0.29, 0.717) is 41.9 Å². The van der Waals surface area contributed by atoms with E-state index in [1.165, 1.54) is 24.8 Å². The van der Waals surface area contributed by atoms with Crippen LogP contribution in [0.25, 0.3) is 0 Å². The number of fused-ring (bicyclic) bond motifs is 5. The third-order valence-electron chi connectivity index (χ3n) is 10.7. The van der Waals surface area contributed by atoms with E-state index in [-0.39, 0.29) is 10.8 Å². The van der Waals surface area contributed by atoms with Crippen molar-refractivity contribution in [3.05, 3.63) is 23.8 Å². The number of aliphatic hydroxyl groups is 3. The van der Waals surface area contributed by atoms with Crippen LogP contribution in [0.3, 0.4) is 0 Å². The quantitative estimate of drug-likeness (QED) is 0.516. The largest absolute Gasteiger partial charge is 0.393 e. The molecule has 3 N–H and O–H groups in total. The molecule has 10 atom stereocenters. The molecular formula is C28H46O3. The van der Waals surface area contributed by atoms with Gasteiger partial charge in [-0.2, -0.15) is 0 Å². The standard InChI is InChI=1S/C28H46O3/c1-17(2)18(3)7-8-19(4)22-9-10-23-21-15-25(30)28(31)16-20(29)11-14-27(28,6)24(21)12-13-26(22,23)5/h7-8,15,17-20,22-25,29-31H,9-14,16H2,1-6H3/b8-7+/t18-,19+,20+,22-,23+,24-,25-,26+,27-,28+/m0/s1. The van der Waals surface area contributed by atoms with Crippen molar-refractivity contribution in [2.24, 2.45) is 46.3 Å². The fraction of sp³-hybridized carbons (Fsp3) is 0.857. The molecule has 0 aromatic heterocycles. The first kappa shape index (κ1) is 23.5. The minimum atomic E-state index is -1.20. The van der Waals surface area contributed by atoms with Gasteiger partial charge in [-0.05, 0) is 79.4 Å². The maximum Gasteiger partial charge on any atom is 0.102 e. The minimum Gasteiger partial charge on any atom is -0.393 e. The van der Waals surface area contributed by atoms with Gasteiger partial charge in [0.05, 0.1) is 6.10 Å². The molecule has 0 spiro atoms. The van der Waals surface area contributed by atoms with Gasteiger partial charge in [-0.3, -0.25) is 0 Å². The summed E-state index contributed by atoms with van der Waals surface area (Å²) in [5.74, 6) is 3.37. The molecule has 176 valence electrons. The highest BCUT2D eigenvalue weighted by Crippen LogP contribution is 2.67. The van der Waals surface area contributed by atoms with Crippen LogP contribution in [0.15, 0.2) is 23.8 Å². The first-order valence-corrected chi connectivity index (χ1v) is 12.9. The summed E-state index contributed by atoms with van der Waals surface area (Å²) >= 11 is 0. The Balaban J connectivity index is 1.61. The summed E-state index contributed by atoms with van der Waals surface area (Å²) in [7, 11) is 0. The number of rotatable bonds is 4. The lowest BCUT2D eigenvalue weighted by Crippen LogP contribution is -2.65. The number of aliphatic hydroxyl groups excluding tert-OH is 2. The summed E-state index contributed by atoms with van der Waals surface area (Å²) in [6.07, 6.45) is 12.1. The van der Waals surface area contributed by atoms with Gasteiger partial charge < -0.3 is 15.3 Å². The Morgan fingerprint density at radius 3 is 2.32 bits per heavy atom. The summed E-state index contributed by atoms with van der Waals surface area (Å²) in [4.78, 5) is 0. The molecule has 0 unspecified atom stereocenters. The maximum absolute atomic E-state index is 11.6. The Morgan fingerprint density at radius 1 is 0.935 bits per heavy atom. The van der Waals surface area contributed by atoms with Gasteiger partial charge in [0.2, 0.25) is 0 Å². The molecule has 3 heteroatoms. The van der Waals surface area contributed by atoms with Crippen LogP contribution < -0.4 is 0 Å². The van der Waals surface area contributed by atoms with Gasteiger partial charge in [0.15, 0.2) is 0 Å². The normalized spacial score (nSPS) is 49.4. The van der Waals surface area contributed by atoms with Crippen LogP contribution in [0.5, 0.6) is 0 Å². The second-order valence-electron chi connectivity index (χ2n) is 12.5. The lowest BCUT2D eigenvalue weighted by molar-refractivity contribution is -0.210. The molecule has 0 bridgehead atoms. The monoisotopic (exact) mass is 430 g/mol. The van der Waals surface area contributed by atoms with Crippen molar-refractivity contribution in [3.63, 3.8) is 0 Å². The summed E-state index contributed by atoms with van der Waals surface area (Å²) in [6.45, 7) is 14.0. The Hall–Kier alpha value is -0.640. The fourth-order valence-corrected chi connectivity index (χ4v) is 8.16. The highest BCUT2D eigenvalue weighted by atomic mass is 16.3. The number of hydrogen-bond donors (Lipinski definition) is 3. The van der Waals surface area contributed by atoms with E-state index in [9.17, 15) is 15.3 Å². The van der Waals surface area contributed by atoms with Crippen molar-refractivity contribution in [3.8, 4) is 0 Å². The zero-order valence-corrected chi connectivity index (χ0v) is 20.6. The van der Waals surface area contributed by atoms with Crippen LogP contribution in [0, 0.1) is 46.3 Å². The van der Waals surface area contributed by atoms with Crippen LogP contribution in [0.2, 0.25) is 0 Å². The lowest BCUT2D eigenvalue weighted by atomic mass is 9.45. The van der Waals surface area contributed by atoms with E-state index in [4.69, 9.17) is 0 Å². The van der Waals surface area contributed by atoms with Gasteiger partial charge in [0.1, 0.15) is 11.7 Å². The second kappa shape index (κ2) is 7.99. The van der Waals surface area contributed by atoms with Crippen molar-refractivity contribution in [1.82, 2.24) is 0 Å². The molecule has 0 aromatic rings. The highest BCUT2D eigenvalue weighted by Gasteiger charge is 2.64. The average Bonchev–Trinajstić information content (AvgIpc) is 3.05. The molecule has 4 rings (SSSR count). The van der Waals surface area contributed by atoms with E-state index in [2.05, 4.69) is 53.7 Å². The van der Waals surface area contributed by atoms with Crippen molar-refractivity contribution in [1.29, 1.82) is 0 Å². The van der Waals surface area contributed by atoms with Crippen LogP contribution in [0.1, 0.15) is 86.5 Å². The van der Waals surface area contributed by atoms with Crippen LogP contribution in [-0.2, 0) is 0 Å². The van der Waals surface area contributed by atoms with Crippen molar-refractivity contribution in [2.45, 2.75) is 104 Å². The molecule has 4 aliphatic carbocycles. The number of allylic oxidation sites excluding steroid dienone is 3. The molecule has 4 aliphatic rings. The smallest absolute Gasteiger partial charge is 0.102 e. The lowest BCUT2D eigenvalue weighted by Gasteiger charge is -2.62. The van der Waals surface area contributed by atoms with Gasteiger partial charge in [0, 0.05) is 11.8 Å². The van der Waals surface area contributed by atoms with Gasteiger partial charge in [-0.15, -0.1) is 0 Å². The Bertz CT molecular complexity index is 741. The molecule has 0 saturated heterocycles. The van der Waals surface area contributed by atoms with E-state index >= 15 is 0 Å². The summed E-state index contributed by atoms with van der Waals surface area (Å²) in [5.41, 5.74) is 0.160. The predicted molar refractivity (Wildman–Crippen MR) is 126 cm³/mol. The molecule has 0 heterocycles. The first-order valence-electron chi connectivity index (χ1n) is 12.9. The molecule has 0 amide bonds. The predicted octanol–water partition coefficient (Wildman–Crippen LogP) is 5.50. The van der Waals surface area contributed by atoms with Crippen LogP contribution >= 0.6 is 0 Å². The minimum absolute atomic E-state index is 0.271. The van der Waals surface area contributed by atoms with Crippen molar-refractivity contribution >= 4 is 0 Å². The van der Waals surface area contributed by atoms with Gasteiger partial charge in [0.25, 0.3) is 0 Å². The van der Waals surface area contributed by atoms with Crippen LogP contribution in [0.4, 0.5) is 0 Å². The van der Waals surface area contributed by atoms with E-state index in [1.807, 2.05) is 6.08 Å². The van der Waals surface area contributed by atoms with E-state index < -0.39 is 17.8 Å². The highest BCUT2D eigenvalue weighted by molar-refractivity contribution is 5.33. The molecular weight excluding hydrogens is 384 g/mol. The molecule has 31 heavy (non-hydrogen) atoms. The zero-order valence-electron chi connectivity index (χ0n) is 20.6. The Labute approximate surface area is 190 Å². The summed E-state index contributed by atoms with van der Waals surface area (Å²) in [6, 6.07) is 0.